The Morgan fingerprint density at radius 1 is 1.44 bits per heavy atom. The minimum Gasteiger partial charge on any atom is -0.345 e. The smallest absolute Gasteiger partial charge is 0.236 e. The van der Waals surface area contributed by atoms with E-state index in [0.717, 1.165) is 30.7 Å². The monoisotopic (exact) mass is 287 g/mol. The Kier molecular flexibility index (Phi) is 3.93. The Labute approximate surface area is 107 Å². The highest BCUT2D eigenvalue weighted by Gasteiger charge is 2.40. The highest BCUT2D eigenvalue weighted by molar-refractivity contribution is 9.10. The van der Waals surface area contributed by atoms with Crippen LogP contribution >= 0.6 is 15.9 Å². The molecule has 0 aliphatic heterocycles. The lowest BCUT2D eigenvalue weighted by Gasteiger charge is -2.28. The van der Waals surface area contributed by atoms with Crippen molar-refractivity contribution in [3.05, 3.63) is 0 Å². The minimum absolute atomic E-state index is 0.0103. The summed E-state index contributed by atoms with van der Waals surface area (Å²) in [5.74, 6) is 2.93. The summed E-state index contributed by atoms with van der Waals surface area (Å²) in [6, 6.07) is 0. The first-order chi connectivity index (χ1) is 7.61. The lowest BCUT2D eigenvalue weighted by molar-refractivity contribution is -0.130. The Morgan fingerprint density at radius 2 is 2.19 bits per heavy atom. The Balaban J connectivity index is 1.83. The third kappa shape index (κ3) is 2.44. The number of carbonyl (C=O) groups is 1. The maximum Gasteiger partial charge on any atom is 0.236 e. The van der Waals surface area contributed by atoms with Crippen molar-refractivity contribution in [3.8, 4) is 0 Å². The highest BCUT2D eigenvalue weighted by Crippen LogP contribution is 2.48. The molecule has 2 aliphatic rings. The number of alkyl halides is 1. The van der Waals surface area contributed by atoms with Crippen LogP contribution < -0.4 is 0 Å². The lowest BCUT2D eigenvalue weighted by atomic mass is 9.88. The molecule has 2 aliphatic carbocycles. The van der Waals surface area contributed by atoms with Gasteiger partial charge in [-0.1, -0.05) is 29.3 Å². The predicted molar refractivity (Wildman–Crippen MR) is 69.6 cm³/mol. The van der Waals surface area contributed by atoms with Crippen molar-refractivity contribution >= 4 is 21.8 Å². The molecule has 0 spiro atoms. The zero-order valence-electron chi connectivity index (χ0n) is 10.3. The predicted octanol–water partition coefficient (Wildman–Crippen LogP) is 3.05. The van der Waals surface area contributed by atoms with Crippen molar-refractivity contribution < 1.29 is 4.79 Å². The molecule has 2 rings (SSSR count). The number of halogens is 1. The Bertz CT molecular complexity index is 269. The van der Waals surface area contributed by atoms with E-state index in [1.165, 1.54) is 25.7 Å². The molecule has 16 heavy (non-hydrogen) atoms. The molecule has 0 aromatic heterocycles. The van der Waals surface area contributed by atoms with E-state index < -0.39 is 0 Å². The number of hydrogen-bond donors (Lipinski definition) is 0. The maximum atomic E-state index is 11.9. The average molecular weight is 288 g/mol. The fourth-order valence-corrected chi connectivity index (χ4v) is 3.81. The van der Waals surface area contributed by atoms with Gasteiger partial charge < -0.3 is 4.90 Å². The summed E-state index contributed by atoms with van der Waals surface area (Å²) in [7, 11) is 1.96. The van der Waals surface area contributed by atoms with Gasteiger partial charge in [-0.05, 0) is 43.4 Å². The Hall–Kier alpha value is -0.0500. The van der Waals surface area contributed by atoms with Crippen LogP contribution in [0.1, 0.15) is 39.0 Å². The normalized spacial score (nSPS) is 34.1. The van der Waals surface area contributed by atoms with Crippen molar-refractivity contribution in [2.24, 2.45) is 17.8 Å². The van der Waals surface area contributed by atoms with Crippen molar-refractivity contribution in [2.75, 3.05) is 13.6 Å². The van der Waals surface area contributed by atoms with Gasteiger partial charge in [-0.25, -0.2) is 0 Å². The highest BCUT2D eigenvalue weighted by atomic mass is 79.9. The Morgan fingerprint density at radius 3 is 2.69 bits per heavy atom. The van der Waals surface area contributed by atoms with Crippen LogP contribution in [0.3, 0.4) is 0 Å². The second-order valence-corrected chi connectivity index (χ2v) is 6.63. The van der Waals surface area contributed by atoms with Crippen molar-refractivity contribution in [3.63, 3.8) is 0 Å². The summed E-state index contributed by atoms with van der Waals surface area (Å²) in [5, 5.41) is 0. The molecular weight excluding hydrogens is 266 g/mol. The lowest BCUT2D eigenvalue weighted by Crippen LogP contribution is -2.37. The number of amides is 1. The van der Waals surface area contributed by atoms with Crippen LogP contribution in [-0.4, -0.2) is 29.2 Å². The molecular formula is C13H22BrNO. The van der Waals surface area contributed by atoms with Gasteiger partial charge in [-0.3, -0.25) is 4.79 Å². The fourth-order valence-electron chi connectivity index (χ4n) is 3.46. The van der Waals surface area contributed by atoms with Crippen molar-refractivity contribution in [2.45, 2.75) is 43.9 Å². The molecule has 3 heteroatoms. The third-order valence-corrected chi connectivity index (χ3v) is 5.43. The fraction of sp³-hybridized carbons (Fsp3) is 0.923. The van der Waals surface area contributed by atoms with E-state index >= 15 is 0 Å². The van der Waals surface area contributed by atoms with Crippen LogP contribution in [-0.2, 0) is 4.79 Å². The molecule has 2 saturated carbocycles. The summed E-state index contributed by atoms with van der Waals surface area (Å²) >= 11 is 3.44. The molecule has 0 aromatic rings. The van der Waals surface area contributed by atoms with Crippen LogP contribution in [0.2, 0.25) is 0 Å². The molecule has 2 bridgehead atoms. The van der Waals surface area contributed by atoms with Crippen LogP contribution in [0.15, 0.2) is 0 Å². The van der Waals surface area contributed by atoms with Gasteiger partial charge in [0.2, 0.25) is 5.91 Å². The van der Waals surface area contributed by atoms with Crippen LogP contribution in [0.4, 0.5) is 0 Å². The summed E-state index contributed by atoms with van der Waals surface area (Å²) < 4.78 is 0. The van der Waals surface area contributed by atoms with E-state index in [2.05, 4.69) is 15.9 Å². The van der Waals surface area contributed by atoms with Gasteiger partial charge in [0.15, 0.2) is 0 Å². The van der Waals surface area contributed by atoms with E-state index in [-0.39, 0.29) is 10.7 Å². The zero-order chi connectivity index (χ0) is 11.7. The van der Waals surface area contributed by atoms with Gasteiger partial charge in [-0.15, -0.1) is 0 Å². The first-order valence-electron chi connectivity index (χ1n) is 6.50. The van der Waals surface area contributed by atoms with Gasteiger partial charge in [0, 0.05) is 13.6 Å². The third-order valence-electron chi connectivity index (χ3n) is 4.40. The van der Waals surface area contributed by atoms with E-state index in [9.17, 15) is 4.79 Å². The minimum atomic E-state index is 0.0103. The quantitative estimate of drug-likeness (QED) is 0.728. The topological polar surface area (TPSA) is 20.3 Å². The van der Waals surface area contributed by atoms with Crippen molar-refractivity contribution in [1.82, 2.24) is 4.90 Å². The largest absolute Gasteiger partial charge is 0.345 e. The average Bonchev–Trinajstić information content (AvgIpc) is 2.88. The first-order valence-corrected chi connectivity index (χ1v) is 7.42. The van der Waals surface area contributed by atoms with Crippen LogP contribution in [0, 0.1) is 17.8 Å². The SMILES string of the molecule is CCC(Br)C(=O)N(C)CC1CC2CCC1C2. The van der Waals surface area contributed by atoms with Crippen LogP contribution in [0.5, 0.6) is 0 Å². The van der Waals surface area contributed by atoms with E-state index in [4.69, 9.17) is 0 Å². The van der Waals surface area contributed by atoms with Crippen LogP contribution in [0.25, 0.3) is 0 Å². The van der Waals surface area contributed by atoms with Gasteiger partial charge in [0.25, 0.3) is 0 Å². The van der Waals surface area contributed by atoms with E-state index in [1.807, 2.05) is 18.9 Å². The van der Waals surface area contributed by atoms with E-state index in [0.29, 0.717) is 0 Å². The summed E-state index contributed by atoms with van der Waals surface area (Å²) in [6.07, 6.45) is 6.51. The number of carbonyl (C=O) groups excluding carboxylic acids is 1. The van der Waals surface area contributed by atoms with Gasteiger partial charge in [-0.2, -0.15) is 0 Å². The summed E-state index contributed by atoms with van der Waals surface area (Å²) in [5.41, 5.74) is 0. The molecule has 1 amide bonds. The molecule has 0 aromatic carbocycles. The van der Waals surface area contributed by atoms with Gasteiger partial charge in [0.1, 0.15) is 0 Å². The summed E-state index contributed by atoms with van der Waals surface area (Å²) in [4.78, 5) is 13.9. The molecule has 2 nitrogen and oxygen atoms in total. The maximum absolute atomic E-state index is 11.9. The molecule has 4 atom stereocenters. The molecule has 4 unspecified atom stereocenters. The van der Waals surface area contributed by atoms with Gasteiger partial charge >= 0.3 is 0 Å². The molecule has 2 fully saturated rings. The first kappa shape index (κ1) is 12.4. The standard InChI is InChI=1S/C13H22BrNO/c1-3-12(14)13(16)15(2)8-11-7-9-4-5-10(11)6-9/h9-12H,3-8H2,1-2H3. The van der Waals surface area contributed by atoms with Crippen molar-refractivity contribution in [1.29, 1.82) is 0 Å². The zero-order valence-corrected chi connectivity index (χ0v) is 11.9. The molecule has 92 valence electrons. The number of rotatable bonds is 4. The second-order valence-electron chi connectivity index (χ2n) is 5.53. The number of hydrogen-bond acceptors (Lipinski definition) is 1. The molecule has 0 heterocycles. The second kappa shape index (κ2) is 5.07. The van der Waals surface area contributed by atoms with E-state index in [1.54, 1.807) is 0 Å². The molecule has 0 saturated heterocycles. The summed E-state index contributed by atoms with van der Waals surface area (Å²) in [6.45, 7) is 3.02. The molecule has 0 radical (unpaired) electrons. The molecule has 0 N–H and O–H groups in total. The number of nitrogens with zero attached hydrogens (tertiary/aromatic N) is 1. The number of fused-ring (bicyclic) bond motifs is 2. The van der Waals surface area contributed by atoms with Gasteiger partial charge in [0.05, 0.1) is 4.83 Å².